The van der Waals surface area contributed by atoms with Crippen molar-refractivity contribution in [2.75, 3.05) is 11.9 Å². The number of benzene rings is 2. The van der Waals surface area contributed by atoms with Crippen molar-refractivity contribution >= 4 is 11.7 Å². The highest BCUT2D eigenvalue weighted by molar-refractivity contribution is 5.89. The summed E-state index contributed by atoms with van der Waals surface area (Å²) < 4.78 is 4.98. The lowest BCUT2D eigenvalue weighted by Crippen LogP contribution is -2.19. The van der Waals surface area contributed by atoms with Gasteiger partial charge in [0.25, 0.3) is 0 Å². The van der Waals surface area contributed by atoms with Gasteiger partial charge in [0, 0.05) is 11.7 Å². The molecule has 1 N–H and O–H groups in total. The van der Waals surface area contributed by atoms with Crippen LogP contribution in [0.25, 0.3) is 0 Å². The second-order valence-electron chi connectivity index (χ2n) is 5.32. The summed E-state index contributed by atoms with van der Waals surface area (Å²) in [5, 5.41) is 3.53. The number of carbonyl (C=O) groups excluding carboxylic acids is 1. The molecule has 3 heteroatoms. The van der Waals surface area contributed by atoms with Gasteiger partial charge in [-0.1, -0.05) is 24.3 Å². The van der Waals surface area contributed by atoms with Crippen molar-refractivity contribution in [2.45, 2.75) is 25.8 Å². The lowest BCUT2D eigenvalue weighted by atomic mass is 10.1. The lowest BCUT2D eigenvalue weighted by molar-refractivity contribution is 0.0526. The Bertz CT molecular complexity index is 609. The summed E-state index contributed by atoms with van der Waals surface area (Å²) in [6.07, 6.45) is 2.10. The van der Waals surface area contributed by atoms with E-state index in [4.69, 9.17) is 4.74 Å². The average molecular weight is 281 g/mol. The molecule has 0 radical (unpaired) electrons. The minimum absolute atomic E-state index is 0.266. The van der Waals surface area contributed by atoms with Gasteiger partial charge in [-0.05, 0) is 55.2 Å². The first-order valence-corrected chi connectivity index (χ1v) is 7.37. The molecule has 2 aromatic rings. The number of rotatable bonds is 4. The molecule has 0 unspecified atom stereocenters. The molecule has 3 rings (SSSR count). The Balaban J connectivity index is 1.63. The van der Waals surface area contributed by atoms with E-state index in [1.165, 1.54) is 11.1 Å². The zero-order valence-electron chi connectivity index (χ0n) is 12.1. The zero-order valence-corrected chi connectivity index (χ0v) is 12.1. The maximum atomic E-state index is 11.6. The van der Waals surface area contributed by atoms with Crippen LogP contribution in [0.3, 0.4) is 0 Å². The SMILES string of the molecule is CCOC(=O)c1ccc(NC2Cc3ccccc3C2)cc1. The third kappa shape index (κ3) is 3.07. The summed E-state index contributed by atoms with van der Waals surface area (Å²) >= 11 is 0. The highest BCUT2D eigenvalue weighted by Gasteiger charge is 2.20. The van der Waals surface area contributed by atoms with Gasteiger partial charge in [0.2, 0.25) is 0 Å². The van der Waals surface area contributed by atoms with Gasteiger partial charge in [-0.15, -0.1) is 0 Å². The predicted molar refractivity (Wildman–Crippen MR) is 83.7 cm³/mol. The molecule has 108 valence electrons. The van der Waals surface area contributed by atoms with Crippen LogP contribution in [0.4, 0.5) is 5.69 Å². The van der Waals surface area contributed by atoms with E-state index in [2.05, 4.69) is 29.6 Å². The van der Waals surface area contributed by atoms with Gasteiger partial charge in [-0.25, -0.2) is 4.79 Å². The molecule has 0 aliphatic heterocycles. The molecule has 0 bridgehead atoms. The van der Waals surface area contributed by atoms with Crippen LogP contribution in [-0.2, 0) is 17.6 Å². The number of hydrogen-bond acceptors (Lipinski definition) is 3. The second-order valence-corrected chi connectivity index (χ2v) is 5.32. The highest BCUT2D eigenvalue weighted by Crippen LogP contribution is 2.24. The van der Waals surface area contributed by atoms with Gasteiger partial charge in [0.1, 0.15) is 0 Å². The van der Waals surface area contributed by atoms with E-state index in [1.807, 2.05) is 31.2 Å². The topological polar surface area (TPSA) is 38.3 Å². The van der Waals surface area contributed by atoms with Crippen LogP contribution in [0.15, 0.2) is 48.5 Å². The number of ether oxygens (including phenoxy) is 1. The van der Waals surface area contributed by atoms with Gasteiger partial charge in [-0.2, -0.15) is 0 Å². The van der Waals surface area contributed by atoms with E-state index < -0.39 is 0 Å². The van der Waals surface area contributed by atoms with Crippen LogP contribution >= 0.6 is 0 Å². The number of anilines is 1. The fourth-order valence-electron chi connectivity index (χ4n) is 2.81. The van der Waals surface area contributed by atoms with Crippen LogP contribution in [0.2, 0.25) is 0 Å². The van der Waals surface area contributed by atoms with Crippen LogP contribution in [0.1, 0.15) is 28.4 Å². The molecule has 1 aliphatic rings. The summed E-state index contributed by atoms with van der Waals surface area (Å²) in [6.45, 7) is 2.21. The van der Waals surface area contributed by atoms with Crippen LogP contribution < -0.4 is 5.32 Å². The Morgan fingerprint density at radius 3 is 2.29 bits per heavy atom. The smallest absolute Gasteiger partial charge is 0.338 e. The summed E-state index contributed by atoms with van der Waals surface area (Å²) in [7, 11) is 0. The molecule has 0 amide bonds. The van der Waals surface area contributed by atoms with E-state index in [9.17, 15) is 4.79 Å². The number of hydrogen-bond donors (Lipinski definition) is 1. The summed E-state index contributed by atoms with van der Waals surface area (Å²) in [6, 6.07) is 16.5. The third-order valence-corrected chi connectivity index (χ3v) is 3.82. The molecule has 0 aromatic heterocycles. The van der Waals surface area contributed by atoms with Crippen LogP contribution in [0.5, 0.6) is 0 Å². The van der Waals surface area contributed by atoms with E-state index in [0.717, 1.165) is 18.5 Å². The molecule has 0 saturated carbocycles. The first kappa shape index (κ1) is 13.7. The number of carbonyl (C=O) groups is 1. The minimum Gasteiger partial charge on any atom is -0.462 e. The molecule has 0 fully saturated rings. The molecule has 0 atom stereocenters. The van der Waals surface area contributed by atoms with E-state index in [-0.39, 0.29) is 5.97 Å². The minimum atomic E-state index is -0.266. The first-order chi connectivity index (χ1) is 10.3. The number of nitrogens with one attached hydrogen (secondary N) is 1. The highest BCUT2D eigenvalue weighted by atomic mass is 16.5. The van der Waals surface area contributed by atoms with E-state index in [1.54, 1.807) is 0 Å². The average Bonchev–Trinajstić information content (AvgIpc) is 2.90. The van der Waals surface area contributed by atoms with Crippen molar-refractivity contribution in [3.05, 3.63) is 65.2 Å². The summed E-state index contributed by atoms with van der Waals surface area (Å²) in [5.41, 5.74) is 4.49. The van der Waals surface area contributed by atoms with Gasteiger partial charge < -0.3 is 10.1 Å². The fourth-order valence-corrected chi connectivity index (χ4v) is 2.81. The Morgan fingerprint density at radius 1 is 1.10 bits per heavy atom. The molecule has 1 aliphatic carbocycles. The molecule has 21 heavy (non-hydrogen) atoms. The molecule has 0 spiro atoms. The molecule has 2 aromatic carbocycles. The van der Waals surface area contributed by atoms with Gasteiger partial charge in [0.15, 0.2) is 0 Å². The zero-order chi connectivity index (χ0) is 14.7. The largest absolute Gasteiger partial charge is 0.462 e. The van der Waals surface area contributed by atoms with Crippen LogP contribution in [0, 0.1) is 0 Å². The molecule has 0 saturated heterocycles. The fraction of sp³-hybridized carbons (Fsp3) is 0.278. The van der Waals surface area contributed by atoms with Gasteiger partial charge in [0.05, 0.1) is 12.2 Å². The third-order valence-electron chi connectivity index (χ3n) is 3.82. The number of esters is 1. The Labute approximate surface area is 124 Å². The predicted octanol–water partition coefficient (Wildman–Crippen LogP) is 3.44. The second kappa shape index (κ2) is 6.00. The number of fused-ring (bicyclic) bond motifs is 1. The molecule has 3 nitrogen and oxygen atoms in total. The first-order valence-electron chi connectivity index (χ1n) is 7.37. The van der Waals surface area contributed by atoms with Crippen molar-refractivity contribution in [1.29, 1.82) is 0 Å². The van der Waals surface area contributed by atoms with Crippen molar-refractivity contribution in [2.24, 2.45) is 0 Å². The maximum absolute atomic E-state index is 11.6. The molecule has 0 heterocycles. The monoisotopic (exact) mass is 281 g/mol. The molecular formula is C18H19NO2. The quantitative estimate of drug-likeness (QED) is 0.872. The van der Waals surface area contributed by atoms with Crippen LogP contribution in [-0.4, -0.2) is 18.6 Å². The van der Waals surface area contributed by atoms with Crippen molar-refractivity contribution < 1.29 is 9.53 Å². The Morgan fingerprint density at radius 2 is 1.71 bits per heavy atom. The van der Waals surface area contributed by atoms with Crippen molar-refractivity contribution in [3.63, 3.8) is 0 Å². The normalized spacial score (nSPS) is 13.8. The Kier molecular flexibility index (Phi) is 3.91. The summed E-state index contributed by atoms with van der Waals surface area (Å²) in [4.78, 5) is 11.6. The van der Waals surface area contributed by atoms with Gasteiger partial charge in [-0.3, -0.25) is 0 Å². The maximum Gasteiger partial charge on any atom is 0.338 e. The summed E-state index contributed by atoms with van der Waals surface area (Å²) in [5.74, 6) is -0.266. The standard InChI is InChI=1S/C18H19NO2/c1-2-21-18(20)13-7-9-16(10-8-13)19-17-11-14-5-3-4-6-15(14)12-17/h3-10,17,19H,2,11-12H2,1H3. The Hall–Kier alpha value is -2.29. The van der Waals surface area contributed by atoms with E-state index >= 15 is 0 Å². The molecular weight excluding hydrogens is 262 g/mol. The van der Waals surface area contributed by atoms with Crippen molar-refractivity contribution in [1.82, 2.24) is 0 Å². The van der Waals surface area contributed by atoms with E-state index in [0.29, 0.717) is 18.2 Å². The van der Waals surface area contributed by atoms with Crippen molar-refractivity contribution in [3.8, 4) is 0 Å². The lowest BCUT2D eigenvalue weighted by Gasteiger charge is -2.13. The van der Waals surface area contributed by atoms with Gasteiger partial charge >= 0.3 is 5.97 Å².